The number of carbonyl (C=O) groups excluding carboxylic acids is 1. The Hall–Kier alpha value is -2.90. The Morgan fingerprint density at radius 1 is 1.00 bits per heavy atom. The zero-order chi connectivity index (χ0) is 22.9. The molecule has 0 unspecified atom stereocenters. The van der Waals surface area contributed by atoms with Gasteiger partial charge in [-0.3, -0.25) is 0 Å². The Labute approximate surface area is 199 Å². The first-order valence-corrected chi connectivity index (χ1v) is 12.0. The van der Waals surface area contributed by atoms with Crippen molar-refractivity contribution in [2.75, 3.05) is 35.2 Å². The average molecular weight is 468 g/mol. The molecule has 0 spiro atoms. The lowest BCUT2D eigenvalue weighted by Crippen LogP contribution is -2.22. The highest BCUT2D eigenvalue weighted by Gasteiger charge is 2.18. The summed E-state index contributed by atoms with van der Waals surface area (Å²) in [6.07, 6.45) is 0.743. The Kier molecular flexibility index (Phi) is 8.64. The van der Waals surface area contributed by atoms with Gasteiger partial charge in [0.15, 0.2) is 5.11 Å². The maximum absolute atomic E-state index is 12.5. The van der Waals surface area contributed by atoms with Gasteiger partial charge in [-0.25, -0.2) is 4.79 Å². The molecule has 3 aromatic rings. The number of carbonyl (C=O) groups is 1. The molecule has 2 aromatic carbocycles. The largest absolute Gasteiger partial charge is 0.462 e. The molecule has 5 nitrogen and oxygen atoms in total. The molecule has 7 heteroatoms. The first-order valence-electron chi connectivity index (χ1n) is 10.8. The first-order chi connectivity index (χ1) is 15.5. The molecule has 0 fully saturated rings. The summed E-state index contributed by atoms with van der Waals surface area (Å²) >= 11 is 7.03. The van der Waals surface area contributed by atoms with Crippen molar-refractivity contribution in [3.05, 3.63) is 76.7 Å². The van der Waals surface area contributed by atoms with Crippen LogP contribution in [0.3, 0.4) is 0 Å². The van der Waals surface area contributed by atoms with Crippen LogP contribution in [0.5, 0.6) is 0 Å². The van der Waals surface area contributed by atoms with Gasteiger partial charge in [-0.1, -0.05) is 30.3 Å². The number of hydrogen-bond donors (Lipinski definition) is 2. The van der Waals surface area contributed by atoms with Gasteiger partial charge in [0.05, 0.1) is 12.2 Å². The summed E-state index contributed by atoms with van der Waals surface area (Å²) in [5, 5.41) is 7.51. The van der Waals surface area contributed by atoms with E-state index in [4.69, 9.17) is 17.0 Å². The summed E-state index contributed by atoms with van der Waals surface area (Å²) in [6, 6.07) is 20.2. The fourth-order valence-electron chi connectivity index (χ4n) is 3.39. The Morgan fingerprint density at radius 3 is 2.31 bits per heavy atom. The molecule has 168 valence electrons. The summed E-state index contributed by atoms with van der Waals surface area (Å²) < 4.78 is 5.25. The lowest BCUT2D eigenvalue weighted by molar-refractivity contribution is 0.0528. The smallest absolute Gasteiger partial charge is 0.341 e. The van der Waals surface area contributed by atoms with Crippen LogP contribution in [-0.4, -0.2) is 30.8 Å². The molecule has 0 bridgehead atoms. The topological polar surface area (TPSA) is 53.6 Å². The van der Waals surface area contributed by atoms with E-state index in [0.717, 1.165) is 30.1 Å². The Balaban J connectivity index is 1.73. The fraction of sp³-hybridized carbons (Fsp3) is 0.280. The van der Waals surface area contributed by atoms with Gasteiger partial charge >= 0.3 is 5.97 Å². The fourth-order valence-corrected chi connectivity index (χ4v) is 4.76. The minimum atomic E-state index is -0.350. The summed E-state index contributed by atoms with van der Waals surface area (Å²) in [4.78, 5) is 15.9. The van der Waals surface area contributed by atoms with Crippen molar-refractivity contribution < 1.29 is 9.53 Å². The third-order valence-electron chi connectivity index (χ3n) is 4.98. The molecule has 0 saturated carbocycles. The van der Waals surface area contributed by atoms with E-state index in [9.17, 15) is 4.79 Å². The SMILES string of the molecule is CCOC(=O)c1cc(Cc2ccccc2)sc1NC(=S)Nc1ccc(N(CC)CC)cc1. The maximum Gasteiger partial charge on any atom is 0.341 e. The molecule has 1 heterocycles. The Morgan fingerprint density at radius 2 is 1.69 bits per heavy atom. The minimum Gasteiger partial charge on any atom is -0.462 e. The van der Waals surface area contributed by atoms with Crippen molar-refractivity contribution >= 4 is 51.0 Å². The van der Waals surface area contributed by atoms with E-state index in [2.05, 4.69) is 53.6 Å². The molecule has 2 N–H and O–H groups in total. The second kappa shape index (κ2) is 11.6. The number of ether oxygens (including phenoxy) is 1. The molecule has 0 aliphatic carbocycles. The van der Waals surface area contributed by atoms with Crippen LogP contribution in [0.4, 0.5) is 16.4 Å². The van der Waals surface area contributed by atoms with Crippen LogP contribution in [0, 0.1) is 0 Å². The van der Waals surface area contributed by atoms with E-state index in [1.54, 1.807) is 6.92 Å². The van der Waals surface area contributed by atoms with Crippen molar-refractivity contribution in [1.29, 1.82) is 0 Å². The third-order valence-corrected chi connectivity index (χ3v) is 6.24. The van der Waals surface area contributed by atoms with E-state index in [0.29, 0.717) is 22.3 Å². The lowest BCUT2D eigenvalue weighted by atomic mass is 10.1. The van der Waals surface area contributed by atoms with Crippen LogP contribution in [0.15, 0.2) is 60.7 Å². The highest BCUT2D eigenvalue weighted by atomic mass is 32.1. The van der Waals surface area contributed by atoms with Crippen LogP contribution in [-0.2, 0) is 11.2 Å². The molecule has 0 aliphatic rings. The van der Waals surface area contributed by atoms with Gasteiger partial charge < -0.3 is 20.3 Å². The molecule has 0 aliphatic heterocycles. The molecule has 32 heavy (non-hydrogen) atoms. The number of benzene rings is 2. The molecule has 0 radical (unpaired) electrons. The second-order valence-corrected chi connectivity index (χ2v) is 8.68. The predicted octanol–water partition coefficient (Wildman–Crippen LogP) is 6.17. The summed E-state index contributed by atoms with van der Waals surface area (Å²) in [7, 11) is 0. The molecule has 3 rings (SSSR count). The predicted molar refractivity (Wildman–Crippen MR) is 139 cm³/mol. The number of esters is 1. The number of anilines is 3. The second-order valence-electron chi connectivity index (χ2n) is 7.14. The van der Waals surface area contributed by atoms with Crippen molar-refractivity contribution in [3.63, 3.8) is 0 Å². The quantitative estimate of drug-likeness (QED) is 0.290. The van der Waals surface area contributed by atoms with E-state index >= 15 is 0 Å². The standard InChI is InChI=1S/C25H29N3O2S2/c1-4-28(5-2)20-14-12-19(13-15-20)26-25(31)27-23-22(24(29)30-6-3)17-21(32-23)16-18-10-8-7-9-11-18/h7-15,17H,4-6,16H2,1-3H3,(H2,26,27,31). The Bertz CT molecular complexity index is 1030. The van der Waals surface area contributed by atoms with Crippen LogP contribution in [0.25, 0.3) is 0 Å². The van der Waals surface area contributed by atoms with Gasteiger partial charge in [-0.15, -0.1) is 11.3 Å². The molecule has 0 atom stereocenters. The molecule has 1 aromatic heterocycles. The van der Waals surface area contributed by atoms with Gasteiger partial charge in [-0.2, -0.15) is 0 Å². The zero-order valence-electron chi connectivity index (χ0n) is 18.7. The molecule has 0 amide bonds. The van der Waals surface area contributed by atoms with Crippen LogP contribution in [0.1, 0.15) is 41.6 Å². The highest BCUT2D eigenvalue weighted by molar-refractivity contribution is 7.80. The average Bonchev–Trinajstić information content (AvgIpc) is 3.18. The van der Waals surface area contributed by atoms with Crippen molar-refractivity contribution in [1.82, 2.24) is 0 Å². The van der Waals surface area contributed by atoms with Crippen LogP contribution in [0.2, 0.25) is 0 Å². The lowest BCUT2D eigenvalue weighted by Gasteiger charge is -2.21. The van der Waals surface area contributed by atoms with E-state index < -0.39 is 0 Å². The van der Waals surface area contributed by atoms with E-state index in [1.165, 1.54) is 22.6 Å². The number of hydrogen-bond acceptors (Lipinski definition) is 5. The van der Waals surface area contributed by atoms with Gasteiger partial charge in [0.25, 0.3) is 0 Å². The van der Waals surface area contributed by atoms with Crippen LogP contribution >= 0.6 is 23.6 Å². The van der Waals surface area contributed by atoms with Crippen molar-refractivity contribution in [2.24, 2.45) is 0 Å². The zero-order valence-corrected chi connectivity index (χ0v) is 20.3. The molecular weight excluding hydrogens is 438 g/mol. The molecule has 0 saturated heterocycles. The van der Waals surface area contributed by atoms with Crippen LogP contribution < -0.4 is 15.5 Å². The van der Waals surface area contributed by atoms with Crippen molar-refractivity contribution in [2.45, 2.75) is 27.2 Å². The summed E-state index contributed by atoms with van der Waals surface area (Å²) in [6.45, 7) is 8.33. The van der Waals surface area contributed by atoms with Gasteiger partial charge in [0.1, 0.15) is 5.00 Å². The minimum absolute atomic E-state index is 0.323. The highest BCUT2D eigenvalue weighted by Crippen LogP contribution is 2.31. The van der Waals surface area contributed by atoms with Gasteiger partial charge in [-0.05, 0) is 68.9 Å². The van der Waals surface area contributed by atoms with E-state index in [1.807, 2.05) is 36.4 Å². The summed E-state index contributed by atoms with van der Waals surface area (Å²) in [5.74, 6) is -0.350. The number of thiocarbonyl (C=S) groups is 1. The summed E-state index contributed by atoms with van der Waals surface area (Å²) in [5.41, 5.74) is 3.75. The number of nitrogens with zero attached hydrogens (tertiary/aromatic N) is 1. The van der Waals surface area contributed by atoms with E-state index in [-0.39, 0.29) is 5.97 Å². The maximum atomic E-state index is 12.5. The van der Waals surface area contributed by atoms with Gasteiger partial charge in [0, 0.05) is 35.8 Å². The molecular formula is C25H29N3O2S2. The normalized spacial score (nSPS) is 10.5. The van der Waals surface area contributed by atoms with Crippen molar-refractivity contribution in [3.8, 4) is 0 Å². The third kappa shape index (κ3) is 6.31. The monoisotopic (exact) mass is 467 g/mol. The number of thiophene rings is 1. The number of rotatable bonds is 9. The first kappa shape index (κ1) is 23.8. The number of nitrogens with one attached hydrogen (secondary N) is 2. The van der Waals surface area contributed by atoms with Gasteiger partial charge in [0.2, 0.25) is 0 Å².